The molecule has 0 aliphatic carbocycles. The zero-order chi connectivity index (χ0) is 22.8. The third-order valence-electron chi connectivity index (χ3n) is 3.42. The summed E-state index contributed by atoms with van der Waals surface area (Å²) in [4.78, 5) is 2.68. The summed E-state index contributed by atoms with van der Waals surface area (Å²) in [7, 11) is -6.09. The van der Waals surface area contributed by atoms with Crippen LogP contribution in [0.5, 0.6) is 0 Å². The van der Waals surface area contributed by atoms with Crippen molar-refractivity contribution in [1.82, 2.24) is 0 Å². The van der Waals surface area contributed by atoms with E-state index in [0.717, 1.165) is 0 Å². The molecule has 0 aromatic heterocycles. The van der Waals surface area contributed by atoms with Gasteiger partial charge in [-0.1, -0.05) is 71.3 Å². The molecule has 0 fully saturated rings. The molecule has 30 heavy (non-hydrogen) atoms. The van der Waals surface area contributed by atoms with Crippen molar-refractivity contribution in [3.05, 3.63) is 95.6 Å². The van der Waals surface area contributed by atoms with E-state index in [-0.39, 0.29) is 0 Å². The van der Waals surface area contributed by atoms with Gasteiger partial charge in [-0.3, -0.25) is 0 Å². The summed E-state index contributed by atoms with van der Waals surface area (Å²) in [5.41, 5.74) is -1.58. The largest absolute Gasteiger partial charge is 0.741 e. The van der Waals surface area contributed by atoms with Gasteiger partial charge in [-0.15, -0.1) is 0 Å². The molecule has 162 valence electrons. The fourth-order valence-electron chi connectivity index (χ4n) is 2.36. The van der Waals surface area contributed by atoms with Crippen LogP contribution in [0.2, 0.25) is 0 Å². The molecule has 0 bridgehead atoms. The minimum atomic E-state index is -6.09. The molecule has 3 aromatic carbocycles. The van der Waals surface area contributed by atoms with Crippen molar-refractivity contribution in [3.8, 4) is 0 Å². The van der Waals surface area contributed by atoms with Crippen LogP contribution < -0.4 is 0 Å². The van der Waals surface area contributed by atoms with Crippen LogP contribution in [0.4, 0.5) is 13.2 Å². The lowest BCUT2D eigenvalue weighted by Gasteiger charge is -2.08. The summed E-state index contributed by atoms with van der Waals surface area (Å²) >= 11 is 1.28. The van der Waals surface area contributed by atoms with Gasteiger partial charge in [0.05, 0.1) is 0 Å². The van der Waals surface area contributed by atoms with Crippen LogP contribution in [-0.2, 0) is 21.9 Å². The van der Waals surface area contributed by atoms with Crippen molar-refractivity contribution >= 4 is 21.9 Å². The van der Waals surface area contributed by atoms with Gasteiger partial charge in [0.1, 0.15) is 0 Å². The molecular weight excluding hydrogens is 433 g/mol. The maximum atomic E-state index is 10.7. The van der Waals surface area contributed by atoms with E-state index in [4.69, 9.17) is 13.0 Å². The van der Waals surface area contributed by atoms with Crippen LogP contribution in [0, 0.1) is 20.8 Å². The predicted molar refractivity (Wildman–Crippen MR) is 115 cm³/mol. The summed E-state index contributed by atoms with van der Waals surface area (Å²) in [5, 5.41) is 0. The molecule has 0 saturated heterocycles. The molecular formula is C22H23F3O3S2. The number of rotatable bonds is 2. The van der Waals surface area contributed by atoms with Crippen molar-refractivity contribution in [1.29, 1.82) is 0 Å². The number of halogens is 3. The van der Waals surface area contributed by atoms with Crippen molar-refractivity contribution in [2.75, 3.05) is 0 Å². The second kappa shape index (κ2) is 11.8. The maximum absolute atomic E-state index is 10.7. The number of benzene rings is 3. The quantitative estimate of drug-likeness (QED) is 0.219. The van der Waals surface area contributed by atoms with E-state index in [9.17, 15) is 13.2 Å². The summed E-state index contributed by atoms with van der Waals surface area (Å²) < 4.78 is 58.9. The van der Waals surface area contributed by atoms with Gasteiger partial charge < -0.3 is 4.55 Å². The molecule has 0 amide bonds. The molecule has 0 radical (unpaired) electrons. The Hall–Kier alpha value is -2.29. The van der Waals surface area contributed by atoms with E-state index in [0.29, 0.717) is 0 Å². The Kier molecular flexibility index (Phi) is 10.1. The molecule has 3 rings (SSSR count). The van der Waals surface area contributed by atoms with Crippen LogP contribution >= 0.6 is 0 Å². The van der Waals surface area contributed by atoms with E-state index in [1.807, 2.05) is 12.1 Å². The summed E-state index contributed by atoms with van der Waals surface area (Å²) in [6, 6.07) is 27.5. The minimum absolute atomic E-state index is 1.28. The normalized spacial score (nSPS) is 10.9. The standard InChI is InChI=1S/C12H10S.C9H12.CHF3O3S/c1-3-7-11(8-4-1)13-12-9-5-2-6-10-12;1-7-4-8(2)6-9(3)5-7;2-1(3,4)8(5,6)7/h1-10H;4-6H,1-3H3;(H,5,6,7). The number of hydrogen-bond donors (Lipinski definition) is 0. The van der Waals surface area contributed by atoms with Gasteiger partial charge in [-0.25, -0.2) is 8.42 Å². The first-order chi connectivity index (χ1) is 13.9. The Bertz CT molecular complexity index is 917. The lowest BCUT2D eigenvalue weighted by atomic mass is 10.1. The second-order valence-corrected chi connectivity index (χ2v) is 8.98. The first kappa shape index (κ1) is 25.7. The van der Waals surface area contributed by atoms with Gasteiger partial charge in [0.2, 0.25) is 0 Å². The molecule has 3 aromatic rings. The fourth-order valence-corrected chi connectivity index (χ4v) is 3.30. The highest BCUT2D eigenvalue weighted by Crippen LogP contribution is 2.20. The third-order valence-corrected chi connectivity index (χ3v) is 5.10. The highest BCUT2D eigenvalue weighted by molar-refractivity contribution is 7.86. The average molecular weight is 457 g/mol. The first-order valence-electron chi connectivity index (χ1n) is 8.77. The lowest BCUT2D eigenvalue weighted by Crippen LogP contribution is -2.21. The first-order valence-corrected chi connectivity index (χ1v) is 11.1. The number of alkyl halides is 3. The Morgan fingerprint density at radius 3 is 1.20 bits per heavy atom. The number of hydrogen-bond acceptors (Lipinski definition) is 3. The molecule has 0 aliphatic heterocycles. The van der Waals surface area contributed by atoms with Gasteiger partial charge in [-0.2, -0.15) is 13.2 Å². The van der Waals surface area contributed by atoms with Crippen LogP contribution in [0.3, 0.4) is 0 Å². The van der Waals surface area contributed by atoms with Gasteiger partial charge in [-0.05, 0) is 45.0 Å². The molecule has 0 atom stereocenters. The van der Waals surface area contributed by atoms with Crippen molar-refractivity contribution in [2.24, 2.45) is 0 Å². The Balaban J connectivity index is 0.000000236. The number of aryl methyl sites for hydroxylation is 3. The van der Waals surface area contributed by atoms with Gasteiger partial charge in [0, 0.05) is 11.8 Å². The number of thiol groups is 1. The van der Waals surface area contributed by atoms with Crippen molar-refractivity contribution in [3.63, 3.8) is 0 Å². The van der Waals surface area contributed by atoms with Crippen LogP contribution in [0.25, 0.3) is 0 Å². The van der Waals surface area contributed by atoms with Gasteiger partial charge >= 0.3 is 5.51 Å². The highest BCUT2D eigenvalue weighted by atomic mass is 32.2. The minimum Gasteiger partial charge on any atom is -0.741 e. The summed E-state index contributed by atoms with van der Waals surface area (Å²) in [6.45, 7) is 6.38. The smallest absolute Gasteiger partial charge is 0.485 e. The Morgan fingerprint density at radius 1 is 0.700 bits per heavy atom. The predicted octanol–water partition coefficient (Wildman–Crippen LogP) is 5.58. The van der Waals surface area contributed by atoms with Gasteiger partial charge in [0.25, 0.3) is 0 Å². The van der Waals surface area contributed by atoms with E-state index in [2.05, 4.69) is 87.5 Å². The van der Waals surface area contributed by atoms with Crippen LogP contribution in [-0.4, -0.2) is 18.5 Å². The lowest BCUT2D eigenvalue weighted by molar-refractivity contribution is -0.0517. The van der Waals surface area contributed by atoms with Crippen molar-refractivity contribution < 1.29 is 26.1 Å². The van der Waals surface area contributed by atoms with Crippen molar-refractivity contribution in [2.45, 2.75) is 36.1 Å². The van der Waals surface area contributed by atoms with Crippen LogP contribution in [0.1, 0.15) is 16.7 Å². The zero-order valence-electron chi connectivity index (χ0n) is 16.7. The van der Waals surface area contributed by atoms with E-state index in [1.165, 1.54) is 38.2 Å². The average Bonchev–Trinajstić information content (AvgIpc) is 2.62. The zero-order valence-corrected chi connectivity index (χ0v) is 18.4. The molecule has 0 heterocycles. The summed E-state index contributed by atoms with van der Waals surface area (Å²) in [5.74, 6) is 0. The Labute approximate surface area is 179 Å². The fraction of sp³-hybridized carbons (Fsp3) is 0.182. The Morgan fingerprint density at radius 2 is 0.967 bits per heavy atom. The second-order valence-electron chi connectivity index (χ2n) is 6.35. The molecule has 0 aliphatic rings. The van der Waals surface area contributed by atoms with Crippen LogP contribution in [0.15, 0.2) is 88.7 Å². The topological polar surface area (TPSA) is 57.2 Å². The van der Waals surface area contributed by atoms with E-state index in [1.54, 1.807) is 0 Å². The highest BCUT2D eigenvalue weighted by Gasteiger charge is 2.36. The maximum Gasteiger partial charge on any atom is 0.485 e. The molecule has 0 N–H and O–H groups in total. The molecule has 0 saturated carbocycles. The third kappa shape index (κ3) is 10.5. The molecule has 0 spiro atoms. The summed E-state index contributed by atoms with van der Waals surface area (Å²) in [6.07, 6.45) is 0. The molecule has 0 unspecified atom stereocenters. The molecule has 8 heteroatoms. The SMILES string of the molecule is Cc1cc(C)cc(C)c1.O=S(=O)([O-])C(F)(F)F.c1ccc([SH+]c2ccccc2)cc1. The van der Waals surface area contributed by atoms with E-state index >= 15 is 0 Å². The monoisotopic (exact) mass is 456 g/mol. The molecule has 3 nitrogen and oxygen atoms in total. The van der Waals surface area contributed by atoms with Gasteiger partial charge in [0.15, 0.2) is 19.9 Å². The van der Waals surface area contributed by atoms with E-state index < -0.39 is 15.6 Å².